The molecule has 0 heterocycles. The van der Waals surface area contributed by atoms with Crippen LogP contribution >= 0.6 is 0 Å². The summed E-state index contributed by atoms with van der Waals surface area (Å²) in [6.07, 6.45) is 0.699. The second-order valence-electron chi connectivity index (χ2n) is 3.63. The Bertz CT molecular complexity index is 448. The summed E-state index contributed by atoms with van der Waals surface area (Å²) < 4.78 is 4.84. The molecule has 1 aromatic rings. The summed E-state index contributed by atoms with van der Waals surface area (Å²) in [4.78, 5) is 21.6. The Balaban J connectivity index is 2.64. The van der Waals surface area contributed by atoms with Crippen molar-refractivity contribution in [2.24, 2.45) is 0 Å². The first kappa shape index (κ1) is 13.9. The highest BCUT2D eigenvalue weighted by Crippen LogP contribution is 2.21. The molecule has 0 aliphatic carbocycles. The van der Waals surface area contributed by atoms with E-state index < -0.39 is 4.92 Å². The van der Waals surface area contributed by atoms with Gasteiger partial charge in [0.2, 0.25) is 0 Å². The van der Waals surface area contributed by atoms with Crippen LogP contribution in [0.3, 0.4) is 0 Å². The fourth-order valence-electron chi connectivity index (χ4n) is 1.38. The van der Waals surface area contributed by atoms with Crippen LogP contribution in [-0.2, 0) is 4.74 Å². The number of nitrogens with zero attached hydrogens (tertiary/aromatic N) is 1. The molecule has 0 spiro atoms. The van der Waals surface area contributed by atoms with Crippen LogP contribution in [0.1, 0.15) is 16.8 Å². The fourth-order valence-corrected chi connectivity index (χ4v) is 1.38. The third kappa shape index (κ3) is 3.70. The number of methoxy groups -OCH3 is 1. The third-order valence-corrected chi connectivity index (χ3v) is 2.30. The van der Waals surface area contributed by atoms with Crippen LogP contribution in [-0.4, -0.2) is 31.1 Å². The SMILES string of the molecule is COCCCNC(=O)c1ccc([N+](=O)[O-])c(N)c1. The van der Waals surface area contributed by atoms with E-state index >= 15 is 0 Å². The first-order chi connectivity index (χ1) is 8.56. The molecule has 0 atom stereocenters. The lowest BCUT2D eigenvalue weighted by atomic mass is 10.1. The maximum absolute atomic E-state index is 11.7. The first-order valence-electron chi connectivity index (χ1n) is 5.37. The molecular weight excluding hydrogens is 238 g/mol. The van der Waals surface area contributed by atoms with Gasteiger partial charge >= 0.3 is 0 Å². The zero-order chi connectivity index (χ0) is 13.5. The summed E-state index contributed by atoms with van der Waals surface area (Å²) >= 11 is 0. The van der Waals surface area contributed by atoms with Gasteiger partial charge in [0, 0.05) is 31.9 Å². The number of carbonyl (C=O) groups is 1. The Morgan fingerprint density at radius 3 is 2.83 bits per heavy atom. The topological polar surface area (TPSA) is 107 Å². The molecule has 3 N–H and O–H groups in total. The number of anilines is 1. The van der Waals surface area contributed by atoms with Gasteiger partial charge in [-0.25, -0.2) is 0 Å². The highest BCUT2D eigenvalue weighted by Gasteiger charge is 2.14. The van der Waals surface area contributed by atoms with Crippen LogP contribution < -0.4 is 11.1 Å². The van der Waals surface area contributed by atoms with Gasteiger partial charge in [0.05, 0.1) is 4.92 Å². The number of nitro benzene ring substituents is 1. The number of hydrogen-bond donors (Lipinski definition) is 2. The number of amides is 1. The van der Waals surface area contributed by atoms with Gasteiger partial charge in [0.1, 0.15) is 5.69 Å². The smallest absolute Gasteiger partial charge is 0.292 e. The zero-order valence-electron chi connectivity index (χ0n) is 10.0. The molecule has 0 radical (unpaired) electrons. The second-order valence-corrected chi connectivity index (χ2v) is 3.63. The van der Waals surface area contributed by atoms with Crippen LogP contribution in [0.15, 0.2) is 18.2 Å². The molecule has 1 aromatic carbocycles. The lowest BCUT2D eigenvalue weighted by Gasteiger charge is -2.05. The number of rotatable bonds is 6. The summed E-state index contributed by atoms with van der Waals surface area (Å²) in [6.45, 7) is 1.03. The molecule has 1 rings (SSSR count). The summed E-state index contributed by atoms with van der Waals surface area (Å²) in [6, 6.07) is 3.89. The molecule has 0 aromatic heterocycles. The van der Waals surface area contributed by atoms with Gasteiger partial charge in [-0.05, 0) is 18.6 Å². The van der Waals surface area contributed by atoms with Gasteiger partial charge in [-0.15, -0.1) is 0 Å². The minimum Gasteiger partial charge on any atom is -0.393 e. The van der Waals surface area contributed by atoms with Crippen LogP contribution in [0.25, 0.3) is 0 Å². The van der Waals surface area contributed by atoms with E-state index in [0.29, 0.717) is 25.1 Å². The van der Waals surface area contributed by atoms with Crippen molar-refractivity contribution in [2.75, 3.05) is 26.0 Å². The molecular formula is C11H15N3O4. The number of nitro groups is 1. The Kier molecular flexibility index (Phi) is 5.06. The lowest BCUT2D eigenvalue weighted by Crippen LogP contribution is -2.25. The van der Waals surface area contributed by atoms with E-state index in [-0.39, 0.29) is 17.3 Å². The molecule has 7 nitrogen and oxygen atoms in total. The first-order valence-corrected chi connectivity index (χ1v) is 5.37. The second kappa shape index (κ2) is 6.55. The van der Waals surface area contributed by atoms with E-state index in [1.807, 2.05) is 0 Å². The minimum absolute atomic E-state index is 0.0236. The largest absolute Gasteiger partial charge is 0.393 e. The van der Waals surface area contributed by atoms with Gasteiger partial charge in [-0.3, -0.25) is 14.9 Å². The molecule has 98 valence electrons. The van der Waals surface area contributed by atoms with E-state index in [1.54, 1.807) is 7.11 Å². The highest BCUT2D eigenvalue weighted by molar-refractivity contribution is 5.95. The van der Waals surface area contributed by atoms with Gasteiger partial charge in [-0.1, -0.05) is 0 Å². The number of benzene rings is 1. The lowest BCUT2D eigenvalue weighted by molar-refractivity contribution is -0.383. The van der Waals surface area contributed by atoms with E-state index in [2.05, 4.69) is 5.32 Å². The van der Waals surface area contributed by atoms with Crippen LogP contribution in [0, 0.1) is 10.1 Å². The van der Waals surface area contributed by atoms with Crippen molar-refractivity contribution in [1.82, 2.24) is 5.32 Å². The molecule has 0 saturated carbocycles. The van der Waals surface area contributed by atoms with Gasteiger partial charge in [-0.2, -0.15) is 0 Å². The molecule has 0 bridgehead atoms. The Morgan fingerprint density at radius 1 is 1.56 bits per heavy atom. The average molecular weight is 253 g/mol. The Hall–Kier alpha value is -2.15. The van der Waals surface area contributed by atoms with E-state index in [9.17, 15) is 14.9 Å². The molecule has 0 saturated heterocycles. The maximum atomic E-state index is 11.7. The summed E-state index contributed by atoms with van der Waals surface area (Å²) in [5.41, 5.74) is 5.57. The molecule has 0 unspecified atom stereocenters. The summed E-state index contributed by atoms with van der Waals surface area (Å²) in [5, 5.41) is 13.2. The van der Waals surface area contributed by atoms with Gasteiger partial charge in [0.15, 0.2) is 0 Å². The Labute approximate surface area is 104 Å². The van der Waals surface area contributed by atoms with E-state index in [4.69, 9.17) is 10.5 Å². The van der Waals surface area contributed by atoms with Crippen molar-refractivity contribution in [3.8, 4) is 0 Å². The van der Waals surface area contributed by atoms with Crippen molar-refractivity contribution in [2.45, 2.75) is 6.42 Å². The zero-order valence-corrected chi connectivity index (χ0v) is 10.0. The highest BCUT2D eigenvalue weighted by atomic mass is 16.6. The third-order valence-electron chi connectivity index (χ3n) is 2.30. The van der Waals surface area contributed by atoms with Crippen LogP contribution in [0.4, 0.5) is 11.4 Å². The molecule has 0 aliphatic rings. The standard InChI is InChI=1S/C11H15N3O4/c1-18-6-2-5-13-11(15)8-3-4-10(14(16)17)9(12)7-8/h3-4,7H,2,5-6,12H2,1H3,(H,13,15). The normalized spacial score (nSPS) is 10.1. The van der Waals surface area contributed by atoms with Gasteiger partial charge in [0.25, 0.3) is 11.6 Å². The molecule has 7 heteroatoms. The maximum Gasteiger partial charge on any atom is 0.292 e. The van der Waals surface area contributed by atoms with Crippen molar-refractivity contribution < 1.29 is 14.5 Å². The van der Waals surface area contributed by atoms with Gasteiger partial charge < -0.3 is 15.8 Å². The number of carbonyl (C=O) groups excluding carboxylic acids is 1. The van der Waals surface area contributed by atoms with E-state index in [0.717, 1.165) is 0 Å². The molecule has 18 heavy (non-hydrogen) atoms. The number of nitrogen functional groups attached to an aromatic ring is 1. The fraction of sp³-hybridized carbons (Fsp3) is 0.364. The van der Waals surface area contributed by atoms with Crippen molar-refractivity contribution in [3.05, 3.63) is 33.9 Å². The molecule has 0 aliphatic heterocycles. The number of nitrogens with two attached hydrogens (primary N) is 1. The molecule has 0 fully saturated rings. The predicted octanol–water partition coefficient (Wildman–Crippen LogP) is 0.943. The van der Waals surface area contributed by atoms with Crippen LogP contribution in [0.5, 0.6) is 0 Å². The quantitative estimate of drug-likeness (QED) is 0.339. The van der Waals surface area contributed by atoms with Crippen molar-refractivity contribution in [3.63, 3.8) is 0 Å². The van der Waals surface area contributed by atoms with Crippen LogP contribution in [0.2, 0.25) is 0 Å². The number of ether oxygens (including phenoxy) is 1. The summed E-state index contributed by atoms with van der Waals surface area (Å²) in [7, 11) is 1.58. The number of nitrogens with one attached hydrogen (secondary N) is 1. The van der Waals surface area contributed by atoms with Crippen molar-refractivity contribution >= 4 is 17.3 Å². The average Bonchev–Trinajstić information content (AvgIpc) is 2.33. The van der Waals surface area contributed by atoms with Crippen molar-refractivity contribution in [1.29, 1.82) is 0 Å². The Morgan fingerprint density at radius 2 is 2.28 bits per heavy atom. The molecule has 1 amide bonds. The van der Waals surface area contributed by atoms with E-state index in [1.165, 1.54) is 18.2 Å². The summed E-state index contributed by atoms with van der Waals surface area (Å²) in [5.74, 6) is -0.312. The monoisotopic (exact) mass is 253 g/mol. The minimum atomic E-state index is -0.588. The number of hydrogen-bond acceptors (Lipinski definition) is 5. The predicted molar refractivity (Wildman–Crippen MR) is 66.3 cm³/mol.